The van der Waals surface area contributed by atoms with Gasteiger partial charge < -0.3 is 14.7 Å². The number of carbonyl (C=O) groups is 1. The van der Waals surface area contributed by atoms with Crippen LogP contribution >= 0.6 is 11.8 Å². The van der Waals surface area contributed by atoms with Crippen LogP contribution in [0.5, 0.6) is 5.75 Å². The lowest BCUT2D eigenvalue weighted by atomic mass is 10.1. The topological polar surface area (TPSA) is 62.7 Å². The average Bonchev–Trinajstić information content (AvgIpc) is 2.62. The largest absolute Gasteiger partial charge is 0.497 e. The van der Waals surface area contributed by atoms with Crippen LogP contribution in [0, 0.1) is 0 Å². The van der Waals surface area contributed by atoms with E-state index in [1.807, 2.05) is 36.0 Å². The lowest BCUT2D eigenvalue weighted by Gasteiger charge is -2.28. The first kappa shape index (κ1) is 15.7. The summed E-state index contributed by atoms with van der Waals surface area (Å²) in [5.41, 5.74) is 1.97. The predicted octanol–water partition coefficient (Wildman–Crippen LogP) is 3.01. The minimum Gasteiger partial charge on any atom is -0.497 e. The van der Waals surface area contributed by atoms with E-state index in [2.05, 4.69) is 9.88 Å². The molecule has 1 aliphatic heterocycles. The van der Waals surface area contributed by atoms with Gasteiger partial charge in [0, 0.05) is 30.2 Å². The quantitative estimate of drug-likeness (QED) is 0.930. The molecule has 1 N–H and O–H groups in total. The van der Waals surface area contributed by atoms with E-state index >= 15 is 0 Å². The number of benzene rings is 1. The summed E-state index contributed by atoms with van der Waals surface area (Å²) in [4.78, 5) is 18.2. The normalized spacial score (nSPS) is 14.6. The molecule has 1 aromatic carbocycles. The van der Waals surface area contributed by atoms with Crippen LogP contribution in [0.2, 0.25) is 0 Å². The smallest absolute Gasteiger partial charge is 0.339 e. The molecule has 0 amide bonds. The van der Waals surface area contributed by atoms with Crippen molar-refractivity contribution < 1.29 is 14.6 Å². The first-order valence-corrected chi connectivity index (χ1v) is 8.56. The van der Waals surface area contributed by atoms with Crippen LogP contribution in [0.1, 0.15) is 10.4 Å². The first-order chi connectivity index (χ1) is 11.2. The zero-order valence-electron chi connectivity index (χ0n) is 12.9. The van der Waals surface area contributed by atoms with Crippen molar-refractivity contribution in [3.8, 4) is 17.0 Å². The van der Waals surface area contributed by atoms with Crippen LogP contribution in [0.4, 0.5) is 5.82 Å². The second kappa shape index (κ2) is 6.91. The maximum Gasteiger partial charge on any atom is 0.339 e. The Labute approximate surface area is 139 Å². The fourth-order valence-corrected chi connectivity index (χ4v) is 3.46. The van der Waals surface area contributed by atoms with Gasteiger partial charge in [0.25, 0.3) is 0 Å². The Morgan fingerprint density at radius 1 is 1.17 bits per heavy atom. The van der Waals surface area contributed by atoms with E-state index in [9.17, 15) is 9.90 Å². The molecule has 0 unspecified atom stereocenters. The number of thioether (sulfide) groups is 1. The van der Waals surface area contributed by atoms with Crippen molar-refractivity contribution in [3.05, 3.63) is 42.0 Å². The van der Waals surface area contributed by atoms with Gasteiger partial charge in [-0.1, -0.05) is 0 Å². The number of carboxylic acids is 1. The van der Waals surface area contributed by atoms with Crippen molar-refractivity contribution in [2.24, 2.45) is 0 Å². The van der Waals surface area contributed by atoms with Gasteiger partial charge in [0.1, 0.15) is 17.1 Å². The average molecular weight is 330 g/mol. The molecule has 0 radical (unpaired) electrons. The van der Waals surface area contributed by atoms with Gasteiger partial charge in [0.15, 0.2) is 0 Å². The van der Waals surface area contributed by atoms with E-state index in [-0.39, 0.29) is 5.56 Å². The molecule has 0 aliphatic carbocycles. The number of aromatic nitrogens is 1. The van der Waals surface area contributed by atoms with Crippen molar-refractivity contribution in [3.63, 3.8) is 0 Å². The van der Waals surface area contributed by atoms with E-state index in [0.717, 1.165) is 41.6 Å². The van der Waals surface area contributed by atoms with Crippen LogP contribution in [-0.4, -0.2) is 47.8 Å². The highest BCUT2D eigenvalue weighted by atomic mass is 32.2. The Bertz CT molecular complexity index is 697. The van der Waals surface area contributed by atoms with E-state index in [4.69, 9.17) is 4.74 Å². The summed E-state index contributed by atoms with van der Waals surface area (Å²) in [5.74, 6) is 2.39. The molecule has 1 aromatic heterocycles. The third-order valence-corrected chi connectivity index (χ3v) is 4.74. The number of anilines is 1. The molecule has 3 rings (SSSR count). The molecule has 1 aliphatic rings. The molecule has 5 nitrogen and oxygen atoms in total. The molecule has 2 heterocycles. The van der Waals surface area contributed by atoms with Crippen LogP contribution < -0.4 is 9.64 Å². The molecule has 0 saturated carbocycles. The minimum atomic E-state index is -0.938. The van der Waals surface area contributed by atoms with Crippen molar-refractivity contribution in [2.75, 3.05) is 36.6 Å². The van der Waals surface area contributed by atoms with Crippen LogP contribution in [0.15, 0.2) is 36.4 Å². The summed E-state index contributed by atoms with van der Waals surface area (Å²) in [6, 6.07) is 11.0. The molecule has 0 spiro atoms. The molecule has 1 saturated heterocycles. The molecule has 23 heavy (non-hydrogen) atoms. The fraction of sp³-hybridized carbons (Fsp3) is 0.294. The van der Waals surface area contributed by atoms with Gasteiger partial charge in [-0.05, 0) is 36.4 Å². The number of aromatic carboxylic acids is 1. The lowest BCUT2D eigenvalue weighted by molar-refractivity contribution is 0.0697. The second-order valence-electron chi connectivity index (χ2n) is 5.20. The van der Waals surface area contributed by atoms with Gasteiger partial charge in [-0.2, -0.15) is 11.8 Å². The van der Waals surface area contributed by atoms with Crippen molar-refractivity contribution in [2.45, 2.75) is 0 Å². The summed E-state index contributed by atoms with van der Waals surface area (Å²) in [6.07, 6.45) is 0. The van der Waals surface area contributed by atoms with Gasteiger partial charge in [0.2, 0.25) is 0 Å². The standard InChI is InChI=1S/C17H18N2O3S/c1-22-13-4-2-12(3-5-13)15-7-6-14(17(20)21)16(18-15)19-8-10-23-11-9-19/h2-7H,8-11H2,1H3,(H,20,21). The minimum absolute atomic E-state index is 0.258. The molecule has 0 bridgehead atoms. The van der Waals surface area contributed by atoms with E-state index in [1.54, 1.807) is 19.2 Å². The number of rotatable bonds is 4. The highest BCUT2D eigenvalue weighted by molar-refractivity contribution is 7.99. The van der Waals surface area contributed by atoms with Gasteiger partial charge in [-0.15, -0.1) is 0 Å². The molecular formula is C17H18N2O3S. The van der Waals surface area contributed by atoms with Crippen LogP contribution in [0.3, 0.4) is 0 Å². The Balaban J connectivity index is 1.99. The summed E-state index contributed by atoms with van der Waals surface area (Å²) >= 11 is 1.88. The number of pyridine rings is 1. The zero-order valence-corrected chi connectivity index (χ0v) is 13.7. The van der Waals surface area contributed by atoms with Gasteiger partial charge in [-0.3, -0.25) is 0 Å². The maximum absolute atomic E-state index is 11.5. The van der Waals surface area contributed by atoms with E-state index in [0.29, 0.717) is 5.82 Å². The number of methoxy groups -OCH3 is 1. The van der Waals surface area contributed by atoms with Crippen molar-refractivity contribution in [1.82, 2.24) is 4.98 Å². The van der Waals surface area contributed by atoms with Crippen LogP contribution in [0.25, 0.3) is 11.3 Å². The Hall–Kier alpha value is -2.21. The Kier molecular flexibility index (Phi) is 4.71. The Morgan fingerprint density at radius 2 is 1.87 bits per heavy atom. The number of hydrogen-bond donors (Lipinski definition) is 1. The summed E-state index contributed by atoms with van der Waals surface area (Å²) in [7, 11) is 1.63. The zero-order chi connectivity index (χ0) is 16.2. The van der Waals surface area contributed by atoms with E-state index < -0.39 is 5.97 Å². The molecule has 6 heteroatoms. The van der Waals surface area contributed by atoms with Gasteiger partial charge >= 0.3 is 5.97 Å². The van der Waals surface area contributed by atoms with Crippen molar-refractivity contribution in [1.29, 1.82) is 0 Å². The third kappa shape index (κ3) is 3.42. The number of carboxylic acid groups (broad SMARTS) is 1. The molecule has 120 valence electrons. The number of nitrogens with zero attached hydrogens (tertiary/aromatic N) is 2. The highest BCUT2D eigenvalue weighted by Crippen LogP contribution is 2.27. The maximum atomic E-state index is 11.5. The third-order valence-electron chi connectivity index (χ3n) is 3.80. The molecule has 1 fully saturated rings. The second-order valence-corrected chi connectivity index (χ2v) is 6.43. The number of ether oxygens (including phenoxy) is 1. The first-order valence-electron chi connectivity index (χ1n) is 7.40. The summed E-state index contributed by atoms with van der Waals surface area (Å²) in [6.45, 7) is 1.65. The lowest BCUT2D eigenvalue weighted by Crippen LogP contribution is -2.34. The Morgan fingerprint density at radius 3 is 2.48 bits per heavy atom. The van der Waals surface area contributed by atoms with Crippen molar-refractivity contribution >= 4 is 23.5 Å². The summed E-state index contributed by atoms with van der Waals surface area (Å²) < 4.78 is 5.17. The fourth-order valence-electron chi connectivity index (χ4n) is 2.55. The molecule has 0 atom stereocenters. The highest BCUT2D eigenvalue weighted by Gasteiger charge is 2.20. The summed E-state index contributed by atoms with van der Waals surface area (Å²) in [5, 5.41) is 9.44. The predicted molar refractivity (Wildman–Crippen MR) is 92.7 cm³/mol. The molecular weight excluding hydrogens is 312 g/mol. The number of hydrogen-bond acceptors (Lipinski definition) is 5. The van der Waals surface area contributed by atoms with Crippen LogP contribution in [-0.2, 0) is 0 Å². The monoisotopic (exact) mass is 330 g/mol. The van der Waals surface area contributed by atoms with Gasteiger partial charge in [0.05, 0.1) is 12.8 Å². The molecule has 2 aromatic rings. The SMILES string of the molecule is COc1ccc(-c2ccc(C(=O)O)c(N3CCSCC3)n2)cc1. The van der Waals surface area contributed by atoms with Gasteiger partial charge in [-0.25, -0.2) is 9.78 Å². The van der Waals surface area contributed by atoms with E-state index in [1.165, 1.54) is 0 Å².